The molecule has 0 radical (unpaired) electrons. The highest BCUT2D eigenvalue weighted by Gasteiger charge is 2.24. The van der Waals surface area contributed by atoms with Crippen molar-refractivity contribution in [1.82, 2.24) is 19.4 Å². The standard InChI is InChI=1S/C22H19N5O2/c1-16-20(19(12-23)22(29-16)27-8-2-3-9-27)21(28)25-13-17-5-4-6-18(11-17)14-26-10-7-24-15-26/h2-11,15H,13-14H2,1H3,(H,25,28). The fraction of sp³-hybridized carbons (Fsp3) is 0.136. The lowest BCUT2D eigenvalue weighted by atomic mass is 10.1. The number of benzene rings is 1. The van der Waals surface area contributed by atoms with Crippen LogP contribution < -0.4 is 5.32 Å². The van der Waals surface area contributed by atoms with Crippen molar-refractivity contribution in [2.45, 2.75) is 20.0 Å². The summed E-state index contributed by atoms with van der Waals surface area (Å²) < 4.78 is 9.37. The number of imidazole rings is 1. The molecule has 0 saturated heterocycles. The number of nitrogens with one attached hydrogen (secondary N) is 1. The van der Waals surface area contributed by atoms with Gasteiger partial charge in [0.1, 0.15) is 23.0 Å². The fourth-order valence-corrected chi connectivity index (χ4v) is 3.26. The van der Waals surface area contributed by atoms with Crippen LogP contribution in [-0.2, 0) is 13.1 Å². The van der Waals surface area contributed by atoms with Gasteiger partial charge in [0.05, 0.1) is 6.33 Å². The number of nitriles is 1. The lowest BCUT2D eigenvalue weighted by Crippen LogP contribution is -2.24. The maximum absolute atomic E-state index is 12.8. The Morgan fingerprint density at radius 2 is 2.00 bits per heavy atom. The van der Waals surface area contributed by atoms with Gasteiger partial charge in [-0.3, -0.25) is 9.36 Å². The maximum Gasteiger partial charge on any atom is 0.256 e. The second-order valence-electron chi connectivity index (χ2n) is 6.65. The Hall–Kier alpha value is -4.05. The minimum absolute atomic E-state index is 0.227. The predicted octanol–water partition coefficient (Wildman–Crippen LogP) is 3.43. The first kappa shape index (κ1) is 18.3. The van der Waals surface area contributed by atoms with Crippen LogP contribution in [0.5, 0.6) is 0 Å². The van der Waals surface area contributed by atoms with E-state index in [0.29, 0.717) is 24.7 Å². The molecule has 0 bridgehead atoms. The number of amides is 1. The van der Waals surface area contributed by atoms with Crippen LogP contribution in [0.1, 0.15) is 32.8 Å². The van der Waals surface area contributed by atoms with E-state index in [1.54, 1.807) is 36.4 Å². The first-order valence-corrected chi connectivity index (χ1v) is 9.14. The molecule has 0 fully saturated rings. The van der Waals surface area contributed by atoms with Gasteiger partial charge >= 0.3 is 0 Å². The highest BCUT2D eigenvalue weighted by Crippen LogP contribution is 2.25. The van der Waals surface area contributed by atoms with Crippen LogP contribution in [0.4, 0.5) is 0 Å². The molecular formula is C22H19N5O2. The van der Waals surface area contributed by atoms with E-state index >= 15 is 0 Å². The molecule has 1 aromatic carbocycles. The summed E-state index contributed by atoms with van der Waals surface area (Å²) in [5.41, 5.74) is 2.58. The molecule has 7 nitrogen and oxygen atoms in total. The summed E-state index contributed by atoms with van der Waals surface area (Å²) in [5.74, 6) is 0.431. The quantitative estimate of drug-likeness (QED) is 0.551. The first-order valence-electron chi connectivity index (χ1n) is 9.14. The number of hydrogen-bond acceptors (Lipinski definition) is 4. The number of nitrogens with zero attached hydrogens (tertiary/aromatic N) is 4. The summed E-state index contributed by atoms with van der Waals surface area (Å²) in [6.07, 6.45) is 8.95. The Bertz CT molecular complexity index is 1160. The van der Waals surface area contributed by atoms with Crippen molar-refractivity contribution in [2.24, 2.45) is 0 Å². The molecule has 3 aromatic heterocycles. The molecule has 144 valence electrons. The molecule has 0 aliphatic heterocycles. The summed E-state index contributed by atoms with van der Waals surface area (Å²) in [5, 5.41) is 12.5. The van der Waals surface area contributed by atoms with Crippen LogP contribution in [0.3, 0.4) is 0 Å². The molecule has 0 spiro atoms. The van der Waals surface area contributed by atoms with E-state index in [4.69, 9.17) is 4.42 Å². The monoisotopic (exact) mass is 385 g/mol. The molecule has 3 heterocycles. The van der Waals surface area contributed by atoms with Crippen LogP contribution in [0.15, 0.2) is 71.9 Å². The molecular weight excluding hydrogens is 366 g/mol. The predicted molar refractivity (Wildman–Crippen MR) is 106 cm³/mol. The topological polar surface area (TPSA) is 88.8 Å². The smallest absolute Gasteiger partial charge is 0.256 e. The van der Waals surface area contributed by atoms with Crippen molar-refractivity contribution in [3.8, 4) is 12.0 Å². The Labute approximate surface area is 167 Å². The Kier molecular flexibility index (Phi) is 4.99. The lowest BCUT2D eigenvalue weighted by molar-refractivity contribution is 0.0949. The van der Waals surface area contributed by atoms with Gasteiger partial charge in [-0.1, -0.05) is 24.3 Å². The minimum Gasteiger partial charge on any atom is -0.443 e. The van der Waals surface area contributed by atoms with Crippen LogP contribution in [0.2, 0.25) is 0 Å². The van der Waals surface area contributed by atoms with Crippen LogP contribution in [0, 0.1) is 18.3 Å². The van der Waals surface area contributed by atoms with Crippen molar-refractivity contribution < 1.29 is 9.21 Å². The molecule has 0 unspecified atom stereocenters. The Balaban J connectivity index is 1.50. The summed E-state index contributed by atoms with van der Waals surface area (Å²) in [4.78, 5) is 16.8. The van der Waals surface area contributed by atoms with E-state index in [9.17, 15) is 10.1 Å². The highest BCUT2D eigenvalue weighted by molar-refractivity contribution is 5.98. The van der Waals surface area contributed by atoms with Crippen molar-refractivity contribution in [3.05, 3.63) is 95.5 Å². The second-order valence-corrected chi connectivity index (χ2v) is 6.65. The molecule has 0 aliphatic rings. The average Bonchev–Trinajstić information content (AvgIpc) is 3.47. The number of aromatic nitrogens is 3. The van der Waals surface area contributed by atoms with E-state index in [2.05, 4.69) is 16.4 Å². The van der Waals surface area contributed by atoms with Gasteiger partial charge < -0.3 is 14.3 Å². The Morgan fingerprint density at radius 1 is 1.21 bits per heavy atom. The van der Waals surface area contributed by atoms with E-state index in [-0.39, 0.29) is 17.0 Å². The van der Waals surface area contributed by atoms with Crippen molar-refractivity contribution >= 4 is 5.91 Å². The normalized spacial score (nSPS) is 10.6. The summed E-state index contributed by atoms with van der Waals surface area (Å²) in [7, 11) is 0. The molecule has 29 heavy (non-hydrogen) atoms. The number of carbonyl (C=O) groups is 1. The van der Waals surface area contributed by atoms with Crippen molar-refractivity contribution in [1.29, 1.82) is 5.26 Å². The largest absolute Gasteiger partial charge is 0.443 e. The van der Waals surface area contributed by atoms with Crippen molar-refractivity contribution in [3.63, 3.8) is 0 Å². The first-order chi connectivity index (χ1) is 14.2. The van der Waals surface area contributed by atoms with E-state index in [0.717, 1.165) is 11.1 Å². The van der Waals surface area contributed by atoms with Crippen LogP contribution >= 0.6 is 0 Å². The van der Waals surface area contributed by atoms with Gasteiger partial charge in [0.25, 0.3) is 5.91 Å². The van der Waals surface area contributed by atoms with Gasteiger partial charge in [-0.2, -0.15) is 5.26 Å². The number of rotatable bonds is 6. The van der Waals surface area contributed by atoms with Crippen molar-refractivity contribution in [2.75, 3.05) is 0 Å². The average molecular weight is 385 g/mol. The van der Waals surface area contributed by atoms with Gasteiger partial charge in [0.15, 0.2) is 0 Å². The van der Waals surface area contributed by atoms with Gasteiger partial charge in [-0.25, -0.2) is 4.98 Å². The van der Waals surface area contributed by atoms with Gasteiger partial charge in [-0.15, -0.1) is 0 Å². The van der Waals surface area contributed by atoms with Crippen LogP contribution in [-0.4, -0.2) is 20.0 Å². The second kappa shape index (κ2) is 7.90. The molecule has 7 heteroatoms. The highest BCUT2D eigenvalue weighted by atomic mass is 16.4. The third-order valence-corrected chi connectivity index (χ3v) is 4.61. The fourth-order valence-electron chi connectivity index (χ4n) is 3.26. The molecule has 0 atom stereocenters. The molecule has 4 aromatic rings. The number of aryl methyl sites for hydroxylation is 1. The third-order valence-electron chi connectivity index (χ3n) is 4.61. The van der Waals surface area contributed by atoms with Gasteiger partial charge in [0.2, 0.25) is 5.88 Å². The molecule has 1 N–H and O–H groups in total. The number of hydrogen-bond donors (Lipinski definition) is 1. The lowest BCUT2D eigenvalue weighted by Gasteiger charge is -2.08. The summed E-state index contributed by atoms with van der Waals surface area (Å²) >= 11 is 0. The van der Waals surface area contributed by atoms with E-state index < -0.39 is 0 Å². The molecule has 0 aliphatic carbocycles. The SMILES string of the molecule is Cc1oc(-n2cccc2)c(C#N)c1C(=O)NCc1cccc(Cn2ccnc2)c1. The number of carbonyl (C=O) groups excluding carboxylic acids is 1. The van der Waals surface area contributed by atoms with Crippen LogP contribution in [0.25, 0.3) is 5.88 Å². The molecule has 0 saturated carbocycles. The van der Waals surface area contributed by atoms with E-state index in [1.807, 2.05) is 47.2 Å². The third kappa shape index (κ3) is 3.82. The summed E-state index contributed by atoms with van der Waals surface area (Å²) in [6, 6.07) is 13.7. The van der Waals surface area contributed by atoms with Gasteiger partial charge in [0, 0.05) is 37.9 Å². The minimum atomic E-state index is -0.332. The van der Waals surface area contributed by atoms with Gasteiger partial charge in [-0.05, 0) is 30.2 Å². The zero-order valence-electron chi connectivity index (χ0n) is 15.9. The maximum atomic E-state index is 12.8. The molecule has 1 amide bonds. The summed E-state index contributed by atoms with van der Waals surface area (Å²) in [6.45, 7) is 2.75. The van der Waals surface area contributed by atoms with E-state index in [1.165, 1.54) is 0 Å². The Morgan fingerprint density at radius 3 is 2.72 bits per heavy atom. The number of furan rings is 1. The zero-order valence-corrected chi connectivity index (χ0v) is 15.9. The molecule has 4 rings (SSSR count). The zero-order chi connectivity index (χ0) is 20.2.